The molecule has 1 atom stereocenters. The van der Waals surface area contributed by atoms with E-state index in [-0.39, 0.29) is 0 Å². The van der Waals surface area contributed by atoms with Crippen molar-refractivity contribution in [3.8, 4) is 5.75 Å². The van der Waals surface area contributed by atoms with Crippen LogP contribution in [0.25, 0.3) is 0 Å². The molecule has 0 fully saturated rings. The number of hydrogen-bond acceptors (Lipinski definition) is 3. The molecule has 0 heterocycles. The Morgan fingerprint density at radius 1 is 1.11 bits per heavy atom. The van der Waals surface area contributed by atoms with Crippen LogP contribution in [-0.2, 0) is 6.54 Å². The molecule has 3 nitrogen and oxygen atoms in total. The summed E-state index contributed by atoms with van der Waals surface area (Å²) in [4.78, 5) is 0. The van der Waals surface area contributed by atoms with Crippen LogP contribution in [0.3, 0.4) is 0 Å². The fourth-order valence-electron chi connectivity index (χ4n) is 1.93. The average Bonchev–Trinajstić information content (AvgIpc) is 2.48. The first-order valence-corrected chi connectivity index (χ1v) is 6.36. The van der Waals surface area contributed by atoms with E-state index in [4.69, 9.17) is 4.74 Å². The Bertz CT molecular complexity index is 499. The van der Waals surface area contributed by atoms with Crippen LogP contribution in [0.15, 0.2) is 54.6 Å². The van der Waals surface area contributed by atoms with Crippen LogP contribution in [0, 0.1) is 0 Å². The zero-order chi connectivity index (χ0) is 13.5. The van der Waals surface area contributed by atoms with Gasteiger partial charge in [0.2, 0.25) is 0 Å². The van der Waals surface area contributed by atoms with Crippen molar-refractivity contribution in [3.63, 3.8) is 0 Å². The molecule has 19 heavy (non-hydrogen) atoms. The number of methoxy groups -OCH3 is 1. The van der Waals surface area contributed by atoms with E-state index in [0.29, 0.717) is 13.1 Å². The summed E-state index contributed by atoms with van der Waals surface area (Å²) in [5, 5.41) is 13.3. The first kappa shape index (κ1) is 13.6. The molecule has 0 saturated carbocycles. The van der Waals surface area contributed by atoms with Gasteiger partial charge in [0.15, 0.2) is 0 Å². The molecule has 0 aliphatic heterocycles. The molecule has 0 amide bonds. The standard InChI is InChI=1S/C16H19NO2/c1-19-15-9-5-6-13(10-15)11-17-12-16(18)14-7-3-2-4-8-14/h2-10,16-18H,11-12H2,1H3/t16-/m0/s1. The van der Waals surface area contributed by atoms with Gasteiger partial charge in [0.25, 0.3) is 0 Å². The number of rotatable bonds is 6. The molecule has 2 N–H and O–H groups in total. The lowest BCUT2D eigenvalue weighted by Crippen LogP contribution is -2.21. The van der Waals surface area contributed by atoms with Gasteiger partial charge in [-0.3, -0.25) is 0 Å². The summed E-state index contributed by atoms with van der Waals surface area (Å²) in [6, 6.07) is 17.6. The summed E-state index contributed by atoms with van der Waals surface area (Å²) in [6.45, 7) is 1.24. The Kier molecular flexibility index (Phi) is 4.95. The Hall–Kier alpha value is -1.84. The highest BCUT2D eigenvalue weighted by molar-refractivity contribution is 5.28. The van der Waals surface area contributed by atoms with Gasteiger partial charge in [-0.05, 0) is 23.3 Å². The van der Waals surface area contributed by atoms with Gasteiger partial charge >= 0.3 is 0 Å². The van der Waals surface area contributed by atoms with Gasteiger partial charge in [-0.1, -0.05) is 42.5 Å². The predicted octanol–water partition coefficient (Wildman–Crippen LogP) is 2.52. The minimum absolute atomic E-state index is 0.480. The van der Waals surface area contributed by atoms with Gasteiger partial charge in [0.05, 0.1) is 13.2 Å². The second kappa shape index (κ2) is 6.92. The average molecular weight is 257 g/mol. The molecule has 0 unspecified atom stereocenters. The lowest BCUT2D eigenvalue weighted by molar-refractivity contribution is 0.174. The second-order valence-electron chi connectivity index (χ2n) is 4.41. The lowest BCUT2D eigenvalue weighted by Gasteiger charge is -2.12. The number of aliphatic hydroxyl groups excluding tert-OH is 1. The second-order valence-corrected chi connectivity index (χ2v) is 4.41. The van der Waals surface area contributed by atoms with Crippen molar-refractivity contribution >= 4 is 0 Å². The Labute approximate surface area is 113 Å². The van der Waals surface area contributed by atoms with Gasteiger partial charge < -0.3 is 15.2 Å². The molecular formula is C16H19NO2. The maximum absolute atomic E-state index is 10.0. The van der Waals surface area contributed by atoms with Crippen LogP contribution >= 0.6 is 0 Å². The van der Waals surface area contributed by atoms with Crippen molar-refractivity contribution in [2.75, 3.05) is 13.7 Å². The molecule has 0 spiro atoms. The third kappa shape index (κ3) is 4.09. The van der Waals surface area contributed by atoms with E-state index < -0.39 is 6.10 Å². The molecule has 0 bridgehead atoms. The molecule has 0 radical (unpaired) electrons. The summed E-state index contributed by atoms with van der Waals surface area (Å²) in [5.41, 5.74) is 2.07. The molecule has 0 aromatic heterocycles. The van der Waals surface area contributed by atoms with Gasteiger partial charge in [-0.25, -0.2) is 0 Å². The van der Waals surface area contributed by atoms with Crippen molar-refractivity contribution < 1.29 is 9.84 Å². The van der Waals surface area contributed by atoms with E-state index in [1.807, 2.05) is 54.6 Å². The van der Waals surface area contributed by atoms with Crippen LogP contribution in [0.4, 0.5) is 0 Å². The Morgan fingerprint density at radius 3 is 2.63 bits per heavy atom. The summed E-state index contributed by atoms with van der Waals surface area (Å²) >= 11 is 0. The lowest BCUT2D eigenvalue weighted by atomic mass is 10.1. The SMILES string of the molecule is COc1cccc(CNC[C@H](O)c2ccccc2)c1. The van der Waals surface area contributed by atoms with E-state index in [9.17, 15) is 5.11 Å². The van der Waals surface area contributed by atoms with Crippen LogP contribution < -0.4 is 10.1 Å². The monoisotopic (exact) mass is 257 g/mol. The summed E-state index contributed by atoms with van der Waals surface area (Å²) in [6.07, 6.45) is -0.480. The Morgan fingerprint density at radius 2 is 1.89 bits per heavy atom. The van der Waals surface area contributed by atoms with E-state index in [0.717, 1.165) is 16.9 Å². The Balaban J connectivity index is 1.83. The highest BCUT2D eigenvalue weighted by Gasteiger charge is 2.05. The number of aliphatic hydroxyl groups is 1. The molecular weight excluding hydrogens is 238 g/mol. The molecule has 0 aliphatic carbocycles. The number of nitrogens with one attached hydrogen (secondary N) is 1. The summed E-state index contributed by atoms with van der Waals surface area (Å²) < 4.78 is 5.17. The summed E-state index contributed by atoms with van der Waals surface area (Å²) in [7, 11) is 1.66. The van der Waals surface area contributed by atoms with E-state index in [1.54, 1.807) is 7.11 Å². The quantitative estimate of drug-likeness (QED) is 0.835. The molecule has 2 aromatic rings. The first-order chi connectivity index (χ1) is 9.29. The van der Waals surface area contributed by atoms with Crippen LogP contribution in [0.1, 0.15) is 17.2 Å². The normalized spacial score (nSPS) is 12.1. The minimum Gasteiger partial charge on any atom is -0.497 e. The van der Waals surface area contributed by atoms with Crippen molar-refractivity contribution in [1.82, 2.24) is 5.32 Å². The molecule has 2 aromatic carbocycles. The van der Waals surface area contributed by atoms with Crippen LogP contribution in [0.2, 0.25) is 0 Å². The van der Waals surface area contributed by atoms with Crippen molar-refractivity contribution in [2.24, 2.45) is 0 Å². The minimum atomic E-state index is -0.480. The van der Waals surface area contributed by atoms with Crippen LogP contribution in [0.5, 0.6) is 5.75 Å². The fourth-order valence-corrected chi connectivity index (χ4v) is 1.93. The van der Waals surface area contributed by atoms with Gasteiger partial charge in [0.1, 0.15) is 5.75 Å². The van der Waals surface area contributed by atoms with E-state index in [1.165, 1.54) is 0 Å². The van der Waals surface area contributed by atoms with Crippen molar-refractivity contribution in [1.29, 1.82) is 0 Å². The van der Waals surface area contributed by atoms with Crippen molar-refractivity contribution in [2.45, 2.75) is 12.6 Å². The third-order valence-electron chi connectivity index (χ3n) is 2.99. The molecule has 2 rings (SSSR count). The molecule has 100 valence electrons. The number of ether oxygens (including phenoxy) is 1. The third-order valence-corrected chi connectivity index (χ3v) is 2.99. The number of hydrogen-bond donors (Lipinski definition) is 2. The highest BCUT2D eigenvalue weighted by Crippen LogP contribution is 2.13. The fraction of sp³-hybridized carbons (Fsp3) is 0.250. The van der Waals surface area contributed by atoms with Gasteiger partial charge in [-0.15, -0.1) is 0 Å². The van der Waals surface area contributed by atoms with Crippen molar-refractivity contribution in [3.05, 3.63) is 65.7 Å². The van der Waals surface area contributed by atoms with E-state index >= 15 is 0 Å². The zero-order valence-corrected chi connectivity index (χ0v) is 11.0. The highest BCUT2D eigenvalue weighted by atomic mass is 16.5. The van der Waals surface area contributed by atoms with E-state index in [2.05, 4.69) is 5.32 Å². The first-order valence-electron chi connectivity index (χ1n) is 6.36. The molecule has 3 heteroatoms. The maximum atomic E-state index is 10.0. The predicted molar refractivity (Wildman–Crippen MR) is 76.1 cm³/mol. The topological polar surface area (TPSA) is 41.5 Å². The zero-order valence-electron chi connectivity index (χ0n) is 11.0. The maximum Gasteiger partial charge on any atom is 0.119 e. The number of benzene rings is 2. The summed E-state index contributed by atoms with van der Waals surface area (Å²) in [5.74, 6) is 0.850. The van der Waals surface area contributed by atoms with Crippen LogP contribution in [-0.4, -0.2) is 18.8 Å². The molecule has 0 aliphatic rings. The largest absolute Gasteiger partial charge is 0.497 e. The smallest absolute Gasteiger partial charge is 0.119 e. The van der Waals surface area contributed by atoms with Gasteiger partial charge in [-0.2, -0.15) is 0 Å². The van der Waals surface area contributed by atoms with Gasteiger partial charge in [0, 0.05) is 13.1 Å². The molecule has 0 saturated heterocycles.